The summed E-state index contributed by atoms with van der Waals surface area (Å²) in [5.41, 5.74) is 0. The number of nitrogens with zero attached hydrogens (tertiary/aromatic N) is 2. The molecule has 2 aliphatic heterocycles. The van der Waals surface area contributed by atoms with Crippen LogP contribution in [0.15, 0.2) is 4.99 Å². The van der Waals surface area contributed by atoms with Gasteiger partial charge in [0.1, 0.15) is 0 Å². The van der Waals surface area contributed by atoms with Gasteiger partial charge in [0.05, 0.1) is 19.2 Å². The molecule has 4 nitrogen and oxygen atoms in total. The summed E-state index contributed by atoms with van der Waals surface area (Å²) in [6, 6.07) is 0.144. The maximum absolute atomic E-state index is 8.97. The van der Waals surface area contributed by atoms with Crippen LogP contribution in [-0.2, 0) is 0 Å². The Morgan fingerprint density at radius 3 is 2.93 bits per heavy atom. The minimum atomic E-state index is 0. The largest absolute Gasteiger partial charge is 0.394 e. The lowest BCUT2D eigenvalue weighted by atomic mass is 10.1. The number of aliphatic hydroxyl groups excluding tert-OH is 1. The molecule has 0 aromatic heterocycles. The normalized spacial score (nSPS) is 29.7. The van der Waals surface area contributed by atoms with Crippen LogP contribution < -0.4 is 5.32 Å². The zero-order valence-corrected chi connectivity index (χ0v) is 11.5. The maximum atomic E-state index is 8.97. The number of aliphatic hydroxyl groups is 1. The van der Waals surface area contributed by atoms with Gasteiger partial charge in [0.25, 0.3) is 0 Å². The summed E-state index contributed by atoms with van der Waals surface area (Å²) in [5.74, 6) is 1.83. The quantitative estimate of drug-likeness (QED) is 0.733. The highest BCUT2D eigenvalue weighted by molar-refractivity contribution is 14.0. The number of guanidine groups is 1. The van der Waals surface area contributed by atoms with E-state index >= 15 is 0 Å². The standard InChI is InChI=1S/C10H19N3O.HI/c1-2-8-3-4-13(6-8)10-11-5-9(7-14)12-10;/h8-9,14H,2-7H2,1H3,(H,11,12);1H/t8?,9-;/m0./s1. The van der Waals surface area contributed by atoms with Crippen LogP contribution in [0.3, 0.4) is 0 Å². The van der Waals surface area contributed by atoms with E-state index in [1.54, 1.807) is 0 Å². The van der Waals surface area contributed by atoms with Crippen molar-refractivity contribution in [2.75, 3.05) is 26.2 Å². The molecule has 2 rings (SSSR count). The summed E-state index contributed by atoms with van der Waals surface area (Å²) in [4.78, 5) is 6.72. The van der Waals surface area contributed by atoms with Crippen molar-refractivity contribution in [2.45, 2.75) is 25.8 Å². The predicted octanol–water partition coefficient (Wildman–Crippen LogP) is 0.656. The second kappa shape index (κ2) is 5.89. The Kier molecular flexibility index (Phi) is 5.11. The number of rotatable bonds is 2. The van der Waals surface area contributed by atoms with Crippen molar-refractivity contribution in [3.8, 4) is 0 Å². The maximum Gasteiger partial charge on any atom is 0.194 e. The highest BCUT2D eigenvalue weighted by Gasteiger charge is 2.27. The molecule has 0 aromatic rings. The monoisotopic (exact) mass is 325 g/mol. The fourth-order valence-corrected chi connectivity index (χ4v) is 2.12. The van der Waals surface area contributed by atoms with Crippen molar-refractivity contribution < 1.29 is 5.11 Å². The smallest absolute Gasteiger partial charge is 0.194 e. The van der Waals surface area contributed by atoms with Crippen LogP contribution in [0.1, 0.15) is 19.8 Å². The van der Waals surface area contributed by atoms with Crippen LogP contribution in [-0.4, -0.2) is 48.2 Å². The van der Waals surface area contributed by atoms with Gasteiger partial charge in [0.2, 0.25) is 0 Å². The van der Waals surface area contributed by atoms with Crippen LogP contribution in [0.5, 0.6) is 0 Å². The van der Waals surface area contributed by atoms with E-state index in [2.05, 4.69) is 22.1 Å². The third-order valence-electron chi connectivity index (χ3n) is 3.18. The van der Waals surface area contributed by atoms with Crippen LogP contribution in [0.25, 0.3) is 0 Å². The Morgan fingerprint density at radius 2 is 2.40 bits per heavy atom. The molecule has 0 amide bonds. The molecular weight excluding hydrogens is 305 g/mol. The van der Waals surface area contributed by atoms with Gasteiger partial charge < -0.3 is 15.3 Å². The number of halogens is 1. The van der Waals surface area contributed by atoms with Crippen LogP contribution in [0.2, 0.25) is 0 Å². The Balaban J connectivity index is 0.00000112. The molecule has 2 aliphatic rings. The highest BCUT2D eigenvalue weighted by atomic mass is 127. The van der Waals surface area contributed by atoms with E-state index in [4.69, 9.17) is 5.11 Å². The Bertz CT molecular complexity index is 235. The molecule has 0 bridgehead atoms. The number of aliphatic imine (C=N–C) groups is 1. The van der Waals surface area contributed by atoms with E-state index < -0.39 is 0 Å². The van der Waals surface area contributed by atoms with Crippen molar-refractivity contribution in [2.24, 2.45) is 10.9 Å². The van der Waals surface area contributed by atoms with Crippen molar-refractivity contribution in [3.63, 3.8) is 0 Å². The SMILES string of the molecule is CCC1CCN(C2=NC[C@@H](CO)N2)C1.I. The lowest BCUT2D eigenvalue weighted by Crippen LogP contribution is -2.42. The fraction of sp³-hybridized carbons (Fsp3) is 0.900. The number of hydrogen-bond acceptors (Lipinski definition) is 4. The molecule has 15 heavy (non-hydrogen) atoms. The highest BCUT2D eigenvalue weighted by Crippen LogP contribution is 2.19. The minimum absolute atomic E-state index is 0. The zero-order valence-electron chi connectivity index (χ0n) is 9.15. The van der Waals surface area contributed by atoms with E-state index in [1.165, 1.54) is 12.8 Å². The van der Waals surface area contributed by atoms with Gasteiger partial charge >= 0.3 is 0 Å². The van der Waals surface area contributed by atoms with Crippen molar-refractivity contribution in [1.82, 2.24) is 10.2 Å². The Hall–Kier alpha value is -0.0400. The van der Waals surface area contributed by atoms with Gasteiger partial charge in [-0.25, -0.2) is 0 Å². The van der Waals surface area contributed by atoms with E-state index in [-0.39, 0.29) is 36.6 Å². The lowest BCUT2D eigenvalue weighted by molar-refractivity contribution is 0.262. The fourth-order valence-electron chi connectivity index (χ4n) is 2.12. The molecule has 5 heteroatoms. The molecule has 1 saturated heterocycles. The molecular formula is C10H20IN3O. The number of likely N-dealkylation sites (tertiary alicyclic amines) is 1. The molecule has 0 saturated carbocycles. The van der Waals surface area contributed by atoms with E-state index in [1.807, 2.05) is 0 Å². The summed E-state index contributed by atoms with van der Waals surface area (Å²) in [6.07, 6.45) is 2.54. The van der Waals surface area contributed by atoms with Gasteiger partial charge in [0.15, 0.2) is 5.96 Å². The van der Waals surface area contributed by atoms with E-state index in [0.29, 0.717) is 0 Å². The molecule has 1 unspecified atom stereocenters. The molecule has 2 heterocycles. The molecule has 2 atom stereocenters. The van der Waals surface area contributed by atoms with Crippen LogP contribution in [0.4, 0.5) is 0 Å². The molecule has 0 aromatic carbocycles. The van der Waals surface area contributed by atoms with E-state index in [9.17, 15) is 0 Å². The molecule has 1 fully saturated rings. The van der Waals surface area contributed by atoms with Gasteiger partial charge in [0, 0.05) is 13.1 Å². The average Bonchev–Trinajstić information content (AvgIpc) is 2.86. The summed E-state index contributed by atoms with van der Waals surface area (Å²) >= 11 is 0. The van der Waals surface area contributed by atoms with Crippen molar-refractivity contribution in [1.29, 1.82) is 0 Å². The first kappa shape index (κ1) is 13.0. The van der Waals surface area contributed by atoms with E-state index in [0.717, 1.165) is 31.5 Å². The topological polar surface area (TPSA) is 47.9 Å². The number of hydrogen-bond donors (Lipinski definition) is 2. The van der Waals surface area contributed by atoms with Crippen LogP contribution >= 0.6 is 24.0 Å². The number of nitrogens with one attached hydrogen (secondary N) is 1. The average molecular weight is 325 g/mol. The molecule has 88 valence electrons. The second-order valence-electron chi connectivity index (χ2n) is 4.20. The summed E-state index contributed by atoms with van der Waals surface area (Å²) in [5, 5.41) is 12.2. The molecule has 2 N–H and O–H groups in total. The summed E-state index contributed by atoms with van der Waals surface area (Å²) in [6.45, 7) is 5.38. The first-order valence-electron chi connectivity index (χ1n) is 5.50. The molecule has 0 spiro atoms. The molecule has 0 aliphatic carbocycles. The summed E-state index contributed by atoms with van der Waals surface area (Å²) < 4.78 is 0. The van der Waals surface area contributed by atoms with Gasteiger partial charge in [-0.2, -0.15) is 0 Å². The first-order chi connectivity index (χ1) is 6.83. The Labute approximate surface area is 108 Å². The lowest BCUT2D eigenvalue weighted by Gasteiger charge is -2.19. The van der Waals surface area contributed by atoms with Crippen molar-refractivity contribution in [3.05, 3.63) is 0 Å². The van der Waals surface area contributed by atoms with Gasteiger partial charge in [-0.3, -0.25) is 4.99 Å². The predicted molar refractivity (Wildman–Crippen MR) is 71.7 cm³/mol. The van der Waals surface area contributed by atoms with Crippen LogP contribution in [0, 0.1) is 5.92 Å². The first-order valence-corrected chi connectivity index (χ1v) is 5.50. The molecule has 0 radical (unpaired) electrons. The Morgan fingerprint density at radius 1 is 1.60 bits per heavy atom. The minimum Gasteiger partial charge on any atom is -0.394 e. The van der Waals surface area contributed by atoms with Crippen molar-refractivity contribution >= 4 is 29.9 Å². The third-order valence-corrected chi connectivity index (χ3v) is 3.18. The second-order valence-corrected chi connectivity index (χ2v) is 4.20. The third kappa shape index (κ3) is 2.96. The van der Waals surface area contributed by atoms with Gasteiger partial charge in [-0.05, 0) is 12.3 Å². The summed E-state index contributed by atoms with van der Waals surface area (Å²) in [7, 11) is 0. The zero-order chi connectivity index (χ0) is 9.97. The van der Waals surface area contributed by atoms with Gasteiger partial charge in [-0.1, -0.05) is 13.3 Å². The van der Waals surface area contributed by atoms with Gasteiger partial charge in [-0.15, -0.1) is 24.0 Å².